The van der Waals surface area contributed by atoms with Gasteiger partial charge in [-0.2, -0.15) is 0 Å². The van der Waals surface area contributed by atoms with E-state index in [0.29, 0.717) is 31.0 Å². The van der Waals surface area contributed by atoms with Crippen LogP contribution in [-0.2, 0) is 14.4 Å². The Morgan fingerprint density at radius 2 is 1.79 bits per heavy atom. The molecule has 188 valence electrons. The zero-order valence-corrected chi connectivity index (χ0v) is 20.1. The second-order valence-electron chi connectivity index (χ2n) is 8.91. The summed E-state index contributed by atoms with van der Waals surface area (Å²) in [4.78, 5) is 50.8. The van der Waals surface area contributed by atoms with Crippen LogP contribution in [0.3, 0.4) is 0 Å². The van der Waals surface area contributed by atoms with Crippen LogP contribution in [0.1, 0.15) is 55.3 Å². The van der Waals surface area contributed by atoms with E-state index < -0.39 is 23.8 Å². The molecule has 9 nitrogen and oxygen atoms in total. The Balaban J connectivity index is 0.00000408. The van der Waals surface area contributed by atoms with Gasteiger partial charge in [0.15, 0.2) is 0 Å². The predicted molar refractivity (Wildman–Crippen MR) is 130 cm³/mol. The Hall–Kier alpha value is -2.65. The Kier molecular flexibility index (Phi) is 11.3. The third kappa shape index (κ3) is 8.61. The molecule has 0 bridgehead atoms. The number of carbonyl (C=O) groups is 4. The normalized spacial score (nSPS) is 19.4. The molecular formula is C24H35ClN4O5. The Morgan fingerprint density at radius 1 is 1.09 bits per heavy atom. The topological polar surface area (TPSA) is 128 Å². The van der Waals surface area contributed by atoms with E-state index in [1.54, 1.807) is 35.2 Å². The highest BCUT2D eigenvalue weighted by atomic mass is 35.5. The summed E-state index contributed by atoms with van der Waals surface area (Å²) in [6, 6.07) is 6.72. The van der Waals surface area contributed by atoms with Gasteiger partial charge in [0.1, 0.15) is 6.04 Å². The second kappa shape index (κ2) is 13.9. The van der Waals surface area contributed by atoms with Gasteiger partial charge in [-0.3, -0.25) is 14.4 Å². The number of rotatable bonds is 9. The molecule has 34 heavy (non-hydrogen) atoms. The van der Waals surface area contributed by atoms with Gasteiger partial charge < -0.3 is 26.0 Å². The van der Waals surface area contributed by atoms with Crippen molar-refractivity contribution in [3.05, 3.63) is 35.9 Å². The standard InChI is InChI=1S/C24H34N4O5.ClH/c29-21(15-20(24(32)33)27-23(31)18-5-2-1-3-6-18)26-19-7-4-14-28(16-19)22(30)9-8-17-10-12-25-13-11-17;/h1-3,5-6,17,19-20,25H,4,7-16H2,(H,26,29)(H,27,31)(H,32,33);1H. The molecule has 0 radical (unpaired) electrons. The quantitative estimate of drug-likeness (QED) is 0.412. The highest BCUT2D eigenvalue weighted by Gasteiger charge is 2.28. The maximum Gasteiger partial charge on any atom is 0.326 e. The van der Waals surface area contributed by atoms with Crippen LogP contribution >= 0.6 is 12.4 Å². The van der Waals surface area contributed by atoms with Crippen molar-refractivity contribution in [2.75, 3.05) is 26.2 Å². The summed E-state index contributed by atoms with van der Waals surface area (Å²) >= 11 is 0. The number of carboxylic acids is 1. The first kappa shape index (κ1) is 27.6. The van der Waals surface area contributed by atoms with Gasteiger partial charge >= 0.3 is 5.97 Å². The van der Waals surface area contributed by atoms with Crippen molar-refractivity contribution >= 4 is 36.1 Å². The molecule has 1 aromatic rings. The molecule has 2 fully saturated rings. The minimum atomic E-state index is -1.33. The van der Waals surface area contributed by atoms with Crippen LogP contribution < -0.4 is 16.0 Å². The van der Waals surface area contributed by atoms with E-state index in [1.807, 2.05) is 0 Å². The third-order valence-electron chi connectivity index (χ3n) is 6.39. The first-order chi connectivity index (χ1) is 15.9. The Bertz CT molecular complexity index is 832. The van der Waals surface area contributed by atoms with Crippen molar-refractivity contribution in [2.24, 2.45) is 5.92 Å². The number of carboxylic acid groups (broad SMARTS) is 1. The molecule has 0 spiro atoms. The van der Waals surface area contributed by atoms with Gasteiger partial charge in [0, 0.05) is 31.1 Å². The molecule has 10 heteroatoms. The van der Waals surface area contributed by atoms with Crippen molar-refractivity contribution in [2.45, 2.75) is 57.0 Å². The summed E-state index contributed by atoms with van der Waals surface area (Å²) in [6.07, 6.45) is 4.80. The van der Waals surface area contributed by atoms with Crippen LogP contribution in [0.5, 0.6) is 0 Å². The van der Waals surface area contributed by atoms with Gasteiger partial charge in [-0.05, 0) is 63.2 Å². The van der Waals surface area contributed by atoms with E-state index in [4.69, 9.17) is 0 Å². The summed E-state index contributed by atoms with van der Waals surface area (Å²) < 4.78 is 0. The van der Waals surface area contributed by atoms with Crippen LogP contribution in [0, 0.1) is 5.92 Å². The number of carbonyl (C=O) groups excluding carboxylic acids is 3. The summed E-state index contributed by atoms with van der Waals surface area (Å²) in [5, 5.41) is 18.0. The lowest BCUT2D eigenvalue weighted by atomic mass is 9.93. The third-order valence-corrected chi connectivity index (χ3v) is 6.39. The van der Waals surface area contributed by atoms with E-state index in [2.05, 4.69) is 16.0 Å². The molecule has 2 aliphatic rings. The smallest absolute Gasteiger partial charge is 0.326 e. The van der Waals surface area contributed by atoms with Gasteiger partial charge in [-0.15, -0.1) is 12.4 Å². The number of nitrogens with zero attached hydrogens (tertiary/aromatic N) is 1. The Morgan fingerprint density at radius 3 is 2.47 bits per heavy atom. The average molecular weight is 495 g/mol. The molecular weight excluding hydrogens is 460 g/mol. The van der Waals surface area contributed by atoms with Crippen LogP contribution in [0.15, 0.2) is 30.3 Å². The fraction of sp³-hybridized carbons (Fsp3) is 0.583. The van der Waals surface area contributed by atoms with E-state index in [9.17, 15) is 24.3 Å². The fourth-order valence-electron chi connectivity index (χ4n) is 4.48. The minimum absolute atomic E-state index is 0. The largest absolute Gasteiger partial charge is 0.480 e. The van der Waals surface area contributed by atoms with Gasteiger partial charge in [0.25, 0.3) is 5.91 Å². The molecule has 1 aromatic carbocycles. The van der Waals surface area contributed by atoms with E-state index in [-0.39, 0.29) is 30.8 Å². The van der Waals surface area contributed by atoms with E-state index in [1.165, 1.54) is 0 Å². The van der Waals surface area contributed by atoms with Gasteiger partial charge in [-0.25, -0.2) is 4.79 Å². The van der Waals surface area contributed by atoms with Crippen molar-refractivity contribution in [1.29, 1.82) is 0 Å². The molecule has 2 aliphatic heterocycles. The first-order valence-electron chi connectivity index (χ1n) is 11.8. The summed E-state index contributed by atoms with van der Waals surface area (Å²) in [5.74, 6) is -1.56. The van der Waals surface area contributed by atoms with Crippen LogP contribution in [0.2, 0.25) is 0 Å². The molecule has 2 heterocycles. The van der Waals surface area contributed by atoms with E-state index in [0.717, 1.165) is 45.2 Å². The fourth-order valence-corrected chi connectivity index (χ4v) is 4.48. The molecule has 2 saturated heterocycles. The number of likely N-dealkylation sites (tertiary alicyclic amines) is 1. The van der Waals surface area contributed by atoms with E-state index >= 15 is 0 Å². The maximum atomic E-state index is 12.7. The zero-order chi connectivity index (χ0) is 23.6. The molecule has 3 rings (SSSR count). The van der Waals surface area contributed by atoms with Crippen molar-refractivity contribution in [1.82, 2.24) is 20.9 Å². The zero-order valence-electron chi connectivity index (χ0n) is 19.3. The summed E-state index contributed by atoms with van der Waals surface area (Å²) in [7, 11) is 0. The average Bonchev–Trinajstić information content (AvgIpc) is 2.83. The summed E-state index contributed by atoms with van der Waals surface area (Å²) in [5.41, 5.74) is 0.329. The number of hydrogen-bond acceptors (Lipinski definition) is 5. The van der Waals surface area contributed by atoms with Gasteiger partial charge in [-0.1, -0.05) is 18.2 Å². The highest BCUT2D eigenvalue weighted by Crippen LogP contribution is 2.20. The lowest BCUT2D eigenvalue weighted by Gasteiger charge is -2.34. The lowest BCUT2D eigenvalue weighted by molar-refractivity contribution is -0.141. The number of amides is 3. The van der Waals surface area contributed by atoms with Crippen molar-refractivity contribution in [3.8, 4) is 0 Å². The molecule has 0 aromatic heterocycles. The number of halogens is 1. The molecule has 3 amide bonds. The van der Waals surface area contributed by atoms with Crippen molar-refractivity contribution < 1.29 is 24.3 Å². The maximum absolute atomic E-state index is 12.7. The number of piperidine rings is 2. The predicted octanol–water partition coefficient (Wildman–Crippen LogP) is 1.57. The van der Waals surface area contributed by atoms with Crippen molar-refractivity contribution in [3.63, 3.8) is 0 Å². The van der Waals surface area contributed by atoms with Crippen LogP contribution in [0.25, 0.3) is 0 Å². The summed E-state index contributed by atoms with van der Waals surface area (Å²) in [6.45, 7) is 3.15. The molecule has 2 atom stereocenters. The minimum Gasteiger partial charge on any atom is -0.480 e. The SMILES string of the molecule is Cl.O=C(CC(NC(=O)c1ccccc1)C(=O)O)NC1CCCN(C(=O)CCC2CCNCC2)C1. The van der Waals surface area contributed by atoms with Gasteiger partial charge in [0.05, 0.1) is 6.42 Å². The second-order valence-corrected chi connectivity index (χ2v) is 8.91. The number of hydrogen-bond donors (Lipinski definition) is 4. The molecule has 4 N–H and O–H groups in total. The van der Waals surface area contributed by atoms with Crippen LogP contribution in [-0.4, -0.2) is 72.0 Å². The number of aliphatic carboxylic acids is 1. The number of benzene rings is 1. The highest BCUT2D eigenvalue weighted by molar-refractivity contribution is 5.97. The lowest BCUT2D eigenvalue weighted by Crippen LogP contribution is -2.51. The first-order valence-corrected chi connectivity index (χ1v) is 11.8. The van der Waals surface area contributed by atoms with Gasteiger partial charge in [0.2, 0.25) is 11.8 Å². The number of nitrogens with one attached hydrogen (secondary N) is 3. The molecule has 2 unspecified atom stereocenters. The molecule has 0 aliphatic carbocycles. The van der Waals surface area contributed by atoms with Crippen LogP contribution in [0.4, 0.5) is 0 Å². The molecule has 0 saturated carbocycles. The Labute approximate surface area is 206 Å². The monoisotopic (exact) mass is 494 g/mol.